The van der Waals surface area contributed by atoms with Crippen molar-refractivity contribution in [3.63, 3.8) is 0 Å². The molecule has 0 saturated carbocycles. The predicted molar refractivity (Wildman–Crippen MR) is 83.8 cm³/mol. The number of rotatable bonds is 7. The van der Waals surface area contributed by atoms with E-state index in [1.807, 2.05) is 12.1 Å². The van der Waals surface area contributed by atoms with Gasteiger partial charge in [0.25, 0.3) is 0 Å². The molecule has 19 heavy (non-hydrogen) atoms. The molecule has 0 aromatic heterocycles. The van der Waals surface area contributed by atoms with Crippen molar-refractivity contribution in [1.82, 2.24) is 5.32 Å². The minimum absolute atomic E-state index is 0.108. The third kappa shape index (κ3) is 6.05. The molecule has 1 nitrogen and oxygen atoms in total. The third-order valence-corrected chi connectivity index (χ3v) is 3.89. The SMILES string of the molecule is CC(C)CNCC(Cc1ccc(Br)cc1F)C(C)C. The van der Waals surface area contributed by atoms with E-state index in [1.54, 1.807) is 6.07 Å². The summed E-state index contributed by atoms with van der Waals surface area (Å²) in [6.07, 6.45) is 0.794. The second-order valence-electron chi connectivity index (χ2n) is 6.00. The summed E-state index contributed by atoms with van der Waals surface area (Å²) in [6, 6.07) is 5.35. The van der Waals surface area contributed by atoms with Crippen LogP contribution in [0.5, 0.6) is 0 Å². The highest BCUT2D eigenvalue weighted by atomic mass is 79.9. The largest absolute Gasteiger partial charge is 0.316 e. The molecule has 0 amide bonds. The van der Waals surface area contributed by atoms with Gasteiger partial charge < -0.3 is 5.32 Å². The Balaban J connectivity index is 2.62. The summed E-state index contributed by atoms with van der Waals surface area (Å²) >= 11 is 3.30. The molecular weight excluding hydrogens is 305 g/mol. The summed E-state index contributed by atoms with van der Waals surface area (Å²) in [7, 11) is 0. The maximum Gasteiger partial charge on any atom is 0.127 e. The molecule has 0 radical (unpaired) electrons. The summed E-state index contributed by atoms with van der Waals surface area (Å²) in [5.74, 6) is 1.55. The number of nitrogens with one attached hydrogen (secondary N) is 1. The van der Waals surface area contributed by atoms with Gasteiger partial charge in [-0.05, 0) is 55.0 Å². The molecule has 0 aliphatic carbocycles. The van der Waals surface area contributed by atoms with Crippen LogP contribution in [-0.4, -0.2) is 13.1 Å². The molecule has 0 bridgehead atoms. The first-order valence-electron chi connectivity index (χ1n) is 7.04. The highest BCUT2D eigenvalue weighted by Gasteiger charge is 2.16. The zero-order valence-corrected chi connectivity index (χ0v) is 13.9. The van der Waals surface area contributed by atoms with Crippen molar-refractivity contribution in [3.8, 4) is 0 Å². The molecule has 1 aromatic rings. The van der Waals surface area contributed by atoms with Crippen LogP contribution in [0.4, 0.5) is 4.39 Å². The lowest BCUT2D eigenvalue weighted by Gasteiger charge is -2.22. The van der Waals surface area contributed by atoms with E-state index in [9.17, 15) is 4.39 Å². The van der Waals surface area contributed by atoms with Crippen LogP contribution >= 0.6 is 15.9 Å². The molecule has 0 aliphatic heterocycles. The molecule has 0 fully saturated rings. The van der Waals surface area contributed by atoms with Crippen molar-refractivity contribution < 1.29 is 4.39 Å². The number of benzene rings is 1. The van der Waals surface area contributed by atoms with E-state index in [0.29, 0.717) is 17.8 Å². The summed E-state index contributed by atoms with van der Waals surface area (Å²) < 4.78 is 14.7. The van der Waals surface area contributed by atoms with Crippen LogP contribution < -0.4 is 5.32 Å². The first-order valence-corrected chi connectivity index (χ1v) is 7.84. The average molecular weight is 330 g/mol. The highest BCUT2D eigenvalue weighted by molar-refractivity contribution is 9.10. The summed E-state index contributed by atoms with van der Waals surface area (Å²) in [4.78, 5) is 0. The molecule has 1 rings (SSSR count). The predicted octanol–water partition coefficient (Wildman–Crippen LogP) is 4.65. The Bertz CT molecular complexity index is 390. The van der Waals surface area contributed by atoms with Gasteiger partial charge >= 0.3 is 0 Å². The highest BCUT2D eigenvalue weighted by Crippen LogP contribution is 2.21. The van der Waals surface area contributed by atoms with E-state index >= 15 is 0 Å². The number of hydrogen-bond acceptors (Lipinski definition) is 1. The molecule has 0 spiro atoms. The number of halogens is 2. The van der Waals surface area contributed by atoms with Gasteiger partial charge in [-0.2, -0.15) is 0 Å². The Hall–Kier alpha value is -0.410. The standard InChI is InChI=1S/C16H25BrFN/c1-11(2)9-19-10-14(12(3)4)7-13-5-6-15(17)8-16(13)18/h5-6,8,11-12,14,19H,7,9-10H2,1-4H3. The van der Waals surface area contributed by atoms with E-state index in [2.05, 4.69) is 48.9 Å². The van der Waals surface area contributed by atoms with Gasteiger partial charge in [0, 0.05) is 4.47 Å². The van der Waals surface area contributed by atoms with Gasteiger partial charge in [0.05, 0.1) is 0 Å². The Labute approximate surface area is 125 Å². The molecule has 108 valence electrons. The quantitative estimate of drug-likeness (QED) is 0.767. The van der Waals surface area contributed by atoms with Gasteiger partial charge in [-0.25, -0.2) is 4.39 Å². The first-order chi connectivity index (χ1) is 8.90. The van der Waals surface area contributed by atoms with Crippen molar-refractivity contribution in [2.75, 3.05) is 13.1 Å². The molecule has 1 unspecified atom stereocenters. The molecule has 0 aliphatic rings. The van der Waals surface area contributed by atoms with Crippen molar-refractivity contribution in [2.24, 2.45) is 17.8 Å². The van der Waals surface area contributed by atoms with Crippen LogP contribution in [0.2, 0.25) is 0 Å². The van der Waals surface area contributed by atoms with E-state index in [4.69, 9.17) is 0 Å². The van der Waals surface area contributed by atoms with Crippen LogP contribution in [0.3, 0.4) is 0 Å². The molecule has 1 aromatic carbocycles. The summed E-state index contributed by atoms with van der Waals surface area (Å²) in [5.41, 5.74) is 0.813. The maximum atomic E-state index is 13.9. The van der Waals surface area contributed by atoms with Gasteiger partial charge in [-0.1, -0.05) is 49.7 Å². The van der Waals surface area contributed by atoms with Crippen molar-refractivity contribution in [2.45, 2.75) is 34.1 Å². The van der Waals surface area contributed by atoms with E-state index in [-0.39, 0.29) is 5.82 Å². The molecule has 0 heterocycles. The minimum Gasteiger partial charge on any atom is -0.316 e. The molecule has 3 heteroatoms. The van der Waals surface area contributed by atoms with E-state index in [0.717, 1.165) is 29.5 Å². The van der Waals surface area contributed by atoms with E-state index in [1.165, 1.54) is 0 Å². The fourth-order valence-corrected chi connectivity index (χ4v) is 2.40. The maximum absolute atomic E-state index is 13.9. The fraction of sp³-hybridized carbons (Fsp3) is 0.625. The molecular formula is C16H25BrFN. The van der Waals surface area contributed by atoms with Crippen LogP contribution in [0, 0.1) is 23.6 Å². The Morgan fingerprint density at radius 1 is 1.16 bits per heavy atom. The second kappa shape index (κ2) is 8.01. The molecule has 1 atom stereocenters. The van der Waals surface area contributed by atoms with Crippen molar-refractivity contribution in [3.05, 3.63) is 34.1 Å². The van der Waals surface area contributed by atoms with Gasteiger partial charge in [0.2, 0.25) is 0 Å². The lowest BCUT2D eigenvalue weighted by molar-refractivity contribution is 0.349. The zero-order chi connectivity index (χ0) is 14.4. The Morgan fingerprint density at radius 2 is 1.84 bits per heavy atom. The number of hydrogen-bond donors (Lipinski definition) is 1. The first kappa shape index (κ1) is 16.6. The molecule has 1 N–H and O–H groups in total. The zero-order valence-electron chi connectivity index (χ0n) is 12.3. The normalized spacial score (nSPS) is 13.3. The molecule has 0 saturated heterocycles. The van der Waals surface area contributed by atoms with Crippen LogP contribution in [0.1, 0.15) is 33.3 Å². The van der Waals surface area contributed by atoms with Gasteiger partial charge in [-0.3, -0.25) is 0 Å². The van der Waals surface area contributed by atoms with Crippen LogP contribution in [0.15, 0.2) is 22.7 Å². The lowest BCUT2D eigenvalue weighted by atomic mass is 9.89. The Morgan fingerprint density at radius 3 is 2.37 bits per heavy atom. The fourth-order valence-electron chi connectivity index (χ4n) is 2.07. The topological polar surface area (TPSA) is 12.0 Å². The summed E-state index contributed by atoms with van der Waals surface area (Å²) in [5, 5.41) is 3.49. The van der Waals surface area contributed by atoms with Gasteiger partial charge in [0.15, 0.2) is 0 Å². The van der Waals surface area contributed by atoms with Gasteiger partial charge in [-0.15, -0.1) is 0 Å². The summed E-state index contributed by atoms with van der Waals surface area (Å²) in [6.45, 7) is 10.8. The van der Waals surface area contributed by atoms with Crippen LogP contribution in [-0.2, 0) is 6.42 Å². The average Bonchev–Trinajstić information content (AvgIpc) is 2.30. The van der Waals surface area contributed by atoms with Crippen LogP contribution in [0.25, 0.3) is 0 Å². The third-order valence-electron chi connectivity index (χ3n) is 3.40. The van der Waals surface area contributed by atoms with E-state index < -0.39 is 0 Å². The Kier molecular flexibility index (Phi) is 7.01. The lowest BCUT2D eigenvalue weighted by Crippen LogP contribution is -2.30. The smallest absolute Gasteiger partial charge is 0.127 e. The van der Waals surface area contributed by atoms with Crippen molar-refractivity contribution in [1.29, 1.82) is 0 Å². The van der Waals surface area contributed by atoms with Crippen molar-refractivity contribution >= 4 is 15.9 Å². The minimum atomic E-state index is -0.108. The second-order valence-corrected chi connectivity index (χ2v) is 6.91. The monoisotopic (exact) mass is 329 g/mol. The van der Waals surface area contributed by atoms with Gasteiger partial charge in [0.1, 0.15) is 5.82 Å².